The zero-order valence-electron chi connectivity index (χ0n) is 17.5. The number of amides is 2. The van der Waals surface area contributed by atoms with Gasteiger partial charge in [-0.15, -0.1) is 0 Å². The molecule has 2 atom stereocenters. The second kappa shape index (κ2) is 10.0. The summed E-state index contributed by atoms with van der Waals surface area (Å²) in [5.41, 5.74) is -0.440. The Bertz CT molecular complexity index is 721. The van der Waals surface area contributed by atoms with E-state index in [9.17, 15) is 18.4 Å². The number of carbonyl (C=O) groups excluding carboxylic acids is 2. The normalized spacial score (nSPS) is 19.7. The monoisotopic (exact) mass is 412 g/mol. The van der Waals surface area contributed by atoms with Crippen molar-refractivity contribution in [3.05, 3.63) is 35.4 Å². The number of hydrogen-bond donors (Lipinski definition) is 1. The Morgan fingerprint density at radius 3 is 2.66 bits per heavy atom. The second-order valence-corrected chi connectivity index (χ2v) is 8.22. The van der Waals surface area contributed by atoms with Crippen molar-refractivity contribution in [1.29, 1.82) is 0 Å². The van der Waals surface area contributed by atoms with Crippen LogP contribution in [0.2, 0.25) is 0 Å². The molecule has 29 heavy (non-hydrogen) atoms. The number of benzene rings is 1. The number of methoxy groups -OCH3 is 1. The Hall–Kier alpha value is -2.22. The van der Waals surface area contributed by atoms with E-state index < -0.39 is 23.3 Å². The smallest absolute Gasteiger partial charge is 0.407 e. The molecule has 1 heterocycles. The van der Waals surface area contributed by atoms with Crippen LogP contribution < -0.4 is 5.32 Å². The molecule has 162 valence electrons. The highest BCUT2D eigenvalue weighted by Crippen LogP contribution is 2.22. The molecule has 0 aliphatic carbocycles. The molecule has 1 saturated heterocycles. The zero-order valence-corrected chi connectivity index (χ0v) is 17.5. The van der Waals surface area contributed by atoms with Crippen LogP contribution in [-0.4, -0.2) is 54.8 Å². The van der Waals surface area contributed by atoms with Crippen LogP contribution >= 0.6 is 0 Å². The van der Waals surface area contributed by atoms with Crippen LogP contribution in [0.4, 0.5) is 13.6 Å². The van der Waals surface area contributed by atoms with Crippen LogP contribution in [0.3, 0.4) is 0 Å². The molecule has 1 fully saturated rings. The van der Waals surface area contributed by atoms with Gasteiger partial charge < -0.3 is 19.7 Å². The van der Waals surface area contributed by atoms with Gasteiger partial charge in [0, 0.05) is 26.6 Å². The van der Waals surface area contributed by atoms with E-state index in [2.05, 4.69) is 5.32 Å². The van der Waals surface area contributed by atoms with Crippen molar-refractivity contribution >= 4 is 12.0 Å². The van der Waals surface area contributed by atoms with Crippen LogP contribution in [0.5, 0.6) is 0 Å². The van der Waals surface area contributed by atoms with Crippen molar-refractivity contribution in [2.75, 3.05) is 20.2 Å². The lowest BCUT2D eigenvalue weighted by Gasteiger charge is -2.39. The second-order valence-electron chi connectivity index (χ2n) is 8.22. The van der Waals surface area contributed by atoms with E-state index in [0.29, 0.717) is 19.4 Å². The van der Waals surface area contributed by atoms with E-state index >= 15 is 0 Å². The molecule has 0 bridgehead atoms. The third-order valence-corrected chi connectivity index (χ3v) is 4.84. The first-order chi connectivity index (χ1) is 13.6. The summed E-state index contributed by atoms with van der Waals surface area (Å²) in [6, 6.07) is 3.69. The Morgan fingerprint density at radius 2 is 2.00 bits per heavy atom. The highest BCUT2D eigenvalue weighted by Gasteiger charge is 2.32. The lowest BCUT2D eigenvalue weighted by molar-refractivity contribution is -0.137. The van der Waals surface area contributed by atoms with Gasteiger partial charge in [0.05, 0.1) is 12.1 Å². The molecule has 0 aromatic heterocycles. The van der Waals surface area contributed by atoms with Crippen molar-refractivity contribution in [1.82, 2.24) is 10.2 Å². The fourth-order valence-corrected chi connectivity index (χ4v) is 3.39. The number of nitrogens with zero attached hydrogens (tertiary/aromatic N) is 1. The molecule has 0 unspecified atom stereocenters. The minimum absolute atomic E-state index is 0.00912. The molecule has 1 N–H and O–H groups in total. The molecular weight excluding hydrogens is 382 g/mol. The van der Waals surface area contributed by atoms with Gasteiger partial charge in [-0.05, 0) is 51.7 Å². The number of hydrogen-bond acceptors (Lipinski definition) is 4. The van der Waals surface area contributed by atoms with Gasteiger partial charge in [-0.2, -0.15) is 0 Å². The number of likely N-dealkylation sites (tertiary alicyclic amines) is 1. The van der Waals surface area contributed by atoms with Crippen molar-refractivity contribution in [2.45, 2.75) is 64.2 Å². The van der Waals surface area contributed by atoms with Gasteiger partial charge in [-0.1, -0.05) is 12.1 Å². The first-order valence-electron chi connectivity index (χ1n) is 9.82. The van der Waals surface area contributed by atoms with E-state index in [1.54, 1.807) is 32.8 Å². The van der Waals surface area contributed by atoms with Gasteiger partial charge in [-0.25, -0.2) is 13.6 Å². The Labute approximate surface area is 170 Å². The number of alkyl carbamates (subject to hydrolysis) is 1. The van der Waals surface area contributed by atoms with E-state index in [-0.39, 0.29) is 43.0 Å². The number of nitrogens with one attached hydrogen (secondary N) is 1. The highest BCUT2D eigenvalue weighted by atomic mass is 19.2. The summed E-state index contributed by atoms with van der Waals surface area (Å²) < 4.78 is 37.9. The van der Waals surface area contributed by atoms with E-state index in [0.717, 1.165) is 6.07 Å². The number of aryl methyl sites for hydroxylation is 1. The maximum Gasteiger partial charge on any atom is 0.407 e. The molecule has 2 rings (SSSR count). The van der Waals surface area contributed by atoms with Crippen molar-refractivity contribution in [2.24, 2.45) is 0 Å². The number of halogens is 2. The zero-order chi connectivity index (χ0) is 21.6. The Balaban J connectivity index is 1.98. The van der Waals surface area contributed by atoms with E-state index in [4.69, 9.17) is 9.47 Å². The molecular formula is C21H30F2N2O4. The average Bonchev–Trinajstić information content (AvgIpc) is 2.65. The van der Waals surface area contributed by atoms with Gasteiger partial charge in [0.15, 0.2) is 11.6 Å². The van der Waals surface area contributed by atoms with E-state index in [1.165, 1.54) is 12.1 Å². The summed E-state index contributed by atoms with van der Waals surface area (Å²) in [5, 5.41) is 2.71. The first kappa shape index (κ1) is 23.1. The number of rotatable bonds is 6. The molecule has 8 heteroatoms. The predicted octanol–water partition coefficient (Wildman–Crippen LogP) is 3.43. The van der Waals surface area contributed by atoms with Gasteiger partial charge in [0.2, 0.25) is 5.91 Å². The summed E-state index contributed by atoms with van der Waals surface area (Å²) in [6.45, 7) is 6.03. The summed E-state index contributed by atoms with van der Waals surface area (Å²) >= 11 is 0. The summed E-state index contributed by atoms with van der Waals surface area (Å²) in [6.07, 6.45) is 0.863. The van der Waals surface area contributed by atoms with Crippen LogP contribution in [0.25, 0.3) is 0 Å². The third kappa shape index (κ3) is 6.96. The average molecular weight is 412 g/mol. The molecule has 0 radical (unpaired) electrons. The maximum atomic E-state index is 13.8. The Morgan fingerprint density at radius 1 is 1.28 bits per heavy atom. The molecule has 1 aromatic carbocycles. The number of ether oxygens (including phenoxy) is 2. The minimum atomic E-state index is -0.921. The molecule has 0 spiro atoms. The molecule has 2 amide bonds. The lowest BCUT2D eigenvalue weighted by atomic mass is 9.98. The highest BCUT2D eigenvalue weighted by molar-refractivity contribution is 5.77. The van der Waals surface area contributed by atoms with Crippen LogP contribution in [-0.2, 0) is 20.7 Å². The summed E-state index contributed by atoms with van der Waals surface area (Å²) in [4.78, 5) is 26.4. The van der Waals surface area contributed by atoms with Crippen molar-refractivity contribution in [3.63, 3.8) is 0 Å². The van der Waals surface area contributed by atoms with Crippen molar-refractivity contribution < 1.29 is 27.8 Å². The van der Waals surface area contributed by atoms with Crippen LogP contribution in [0.1, 0.15) is 45.6 Å². The van der Waals surface area contributed by atoms with Gasteiger partial charge >= 0.3 is 6.09 Å². The fourth-order valence-electron chi connectivity index (χ4n) is 3.39. The van der Waals surface area contributed by atoms with Crippen molar-refractivity contribution in [3.8, 4) is 0 Å². The largest absolute Gasteiger partial charge is 0.444 e. The van der Waals surface area contributed by atoms with E-state index in [1.807, 2.05) is 0 Å². The quantitative estimate of drug-likeness (QED) is 0.777. The van der Waals surface area contributed by atoms with Gasteiger partial charge in [0.25, 0.3) is 0 Å². The molecule has 1 aromatic rings. The fraction of sp³-hybridized carbons (Fsp3) is 0.619. The van der Waals surface area contributed by atoms with Gasteiger partial charge in [0.1, 0.15) is 5.60 Å². The number of carbonyl (C=O) groups is 2. The Kier molecular flexibility index (Phi) is 7.96. The van der Waals surface area contributed by atoms with Gasteiger partial charge in [-0.3, -0.25) is 4.79 Å². The topological polar surface area (TPSA) is 67.9 Å². The van der Waals surface area contributed by atoms with Crippen LogP contribution in [0.15, 0.2) is 18.2 Å². The molecule has 1 aliphatic rings. The number of piperidine rings is 1. The molecule has 0 saturated carbocycles. The maximum absolute atomic E-state index is 13.8. The standard InChI is InChI=1S/C21H30F2N2O4/c1-21(2,3)29-20(27)24-13-15-12-16(28-4)10-11-25(15)18(26)9-8-14-6-5-7-17(22)19(14)23/h5-7,15-16H,8-13H2,1-4H3,(H,24,27)/t15-,16+/m1/s1. The summed E-state index contributed by atoms with van der Waals surface area (Å²) in [7, 11) is 1.62. The molecule has 6 nitrogen and oxygen atoms in total. The van der Waals surface area contributed by atoms with Crippen LogP contribution in [0, 0.1) is 11.6 Å². The minimum Gasteiger partial charge on any atom is -0.444 e. The lowest BCUT2D eigenvalue weighted by Crippen LogP contribution is -2.53. The predicted molar refractivity (Wildman–Crippen MR) is 104 cm³/mol. The third-order valence-electron chi connectivity index (χ3n) is 4.84. The SMILES string of the molecule is CO[C@H]1CCN(C(=O)CCc2cccc(F)c2F)[C@@H](CNC(=O)OC(C)(C)C)C1. The molecule has 1 aliphatic heterocycles. The first-order valence-corrected chi connectivity index (χ1v) is 9.82. The summed E-state index contributed by atoms with van der Waals surface area (Å²) in [5.74, 6) is -2.00.